The summed E-state index contributed by atoms with van der Waals surface area (Å²) in [6, 6.07) is 8.51. The molecule has 0 aromatic carbocycles. The zero-order chi connectivity index (χ0) is 10.7. The summed E-state index contributed by atoms with van der Waals surface area (Å²) in [7, 11) is 0. The van der Waals surface area contributed by atoms with Gasteiger partial charge >= 0.3 is 0 Å². The van der Waals surface area contributed by atoms with E-state index in [9.17, 15) is 0 Å². The maximum atomic E-state index is 5.84. The topological polar surface area (TPSA) is 26.0 Å². The summed E-state index contributed by atoms with van der Waals surface area (Å²) in [6.45, 7) is 2.00. The van der Waals surface area contributed by atoms with Crippen molar-refractivity contribution in [1.82, 2.24) is 0 Å². The summed E-state index contributed by atoms with van der Waals surface area (Å²) < 4.78 is 0. The van der Waals surface area contributed by atoms with Crippen LogP contribution in [0.3, 0.4) is 0 Å². The van der Waals surface area contributed by atoms with E-state index in [1.165, 1.54) is 15.3 Å². The molecule has 1 atom stereocenters. The van der Waals surface area contributed by atoms with Crippen LogP contribution in [-0.2, 0) is 0 Å². The van der Waals surface area contributed by atoms with Crippen LogP contribution in [0.25, 0.3) is 5.57 Å². The summed E-state index contributed by atoms with van der Waals surface area (Å²) in [4.78, 5) is 2.57. The predicted octanol–water partition coefficient (Wildman–Crippen LogP) is 4.01. The van der Waals surface area contributed by atoms with Crippen molar-refractivity contribution in [3.05, 3.63) is 50.9 Å². The molecule has 0 aliphatic rings. The number of hydrogen-bond donors (Lipinski definition) is 1. The predicted molar refractivity (Wildman–Crippen MR) is 76.6 cm³/mol. The molecule has 2 N–H and O–H groups in total. The molecule has 86 valence electrons. The van der Waals surface area contributed by atoms with E-state index >= 15 is 0 Å². The lowest BCUT2D eigenvalue weighted by molar-refractivity contribution is 0.928. The third kappa shape index (κ3) is 3.19. The molecule has 4 heteroatoms. The average molecular weight is 272 g/mol. The molecule has 0 spiro atoms. The molecule has 2 aromatic rings. The van der Waals surface area contributed by atoms with Gasteiger partial charge in [0.05, 0.1) is 0 Å². The third-order valence-corrected chi connectivity index (χ3v) is 3.81. The largest absolute Gasteiger partial charge is 0.325 e. The maximum Gasteiger partial charge on any atom is 0.0354 e. The van der Waals surface area contributed by atoms with Gasteiger partial charge in [-0.05, 0) is 29.8 Å². The molecule has 0 amide bonds. The van der Waals surface area contributed by atoms with E-state index in [2.05, 4.69) is 41.1 Å². The van der Waals surface area contributed by atoms with Gasteiger partial charge in [-0.25, -0.2) is 0 Å². The fraction of sp³-hybridized carbons (Fsp3) is 0.167. The summed E-state index contributed by atoms with van der Waals surface area (Å²) in [5.74, 6) is 0. The van der Waals surface area contributed by atoms with Crippen molar-refractivity contribution < 1.29 is 0 Å². The van der Waals surface area contributed by atoms with Crippen LogP contribution in [0, 0.1) is 0 Å². The Kier molecular flexibility index (Phi) is 5.22. The van der Waals surface area contributed by atoms with Gasteiger partial charge in [-0.3, -0.25) is 0 Å². The van der Waals surface area contributed by atoms with Gasteiger partial charge in [0, 0.05) is 21.4 Å². The Morgan fingerprint density at radius 3 is 2.00 bits per heavy atom. The Hall–Kier alpha value is -0.610. The molecular formula is C12H14ClNS2. The molecule has 2 heterocycles. The van der Waals surface area contributed by atoms with Crippen molar-refractivity contribution in [2.75, 3.05) is 0 Å². The van der Waals surface area contributed by atoms with Crippen LogP contribution in [0.1, 0.15) is 16.7 Å². The van der Waals surface area contributed by atoms with Gasteiger partial charge in [0.2, 0.25) is 0 Å². The van der Waals surface area contributed by atoms with Gasteiger partial charge in [0.15, 0.2) is 0 Å². The van der Waals surface area contributed by atoms with E-state index in [-0.39, 0.29) is 18.4 Å². The van der Waals surface area contributed by atoms with Crippen LogP contribution in [0.5, 0.6) is 0 Å². The molecule has 0 saturated carbocycles. The highest BCUT2D eigenvalue weighted by Crippen LogP contribution is 2.30. The van der Waals surface area contributed by atoms with E-state index in [1.807, 2.05) is 6.92 Å². The smallest absolute Gasteiger partial charge is 0.0354 e. The molecule has 0 bridgehead atoms. The fourth-order valence-corrected chi connectivity index (χ4v) is 3.01. The highest BCUT2D eigenvalue weighted by atomic mass is 35.5. The molecule has 2 aromatic heterocycles. The monoisotopic (exact) mass is 271 g/mol. The van der Waals surface area contributed by atoms with E-state index in [4.69, 9.17) is 5.73 Å². The van der Waals surface area contributed by atoms with E-state index < -0.39 is 0 Å². The zero-order valence-corrected chi connectivity index (χ0v) is 11.4. The van der Waals surface area contributed by atoms with E-state index in [1.54, 1.807) is 22.7 Å². The minimum Gasteiger partial charge on any atom is -0.325 e. The summed E-state index contributed by atoms with van der Waals surface area (Å²) >= 11 is 3.51. The maximum absolute atomic E-state index is 5.84. The zero-order valence-electron chi connectivity index (χ0n) is 8.92. The van der Waals surface area contributed by atoms with Gasteiger partial charge in [-0.2, -0.15) is 0 Å². The molecule has 2 rings (SSSR count). The molecule has 0 aliphatic heterocycles. The summed E-state index contributed by atoms with van der Waals surface area (Å²) in [6.07, 6.45) is 2.12. The minimum absolute atomic E-state index is 0. The van der Waals surface area contributed by atoms with Crippen molar-refractivity contribution in [3.63, 3.8) is 0 Å². The Labute approximate surface area is 110 Å². The highest BCUT2D eigenvalue weighted by molar-refractivity contribution is 7.13. The average Bonchev–Trinajstić information content (AvgIpc) is 2.87. The second-order valence-electron chi connectivity index (χ2n) is 3.39. The second kappa shape index (κ2) is 6.21. The first-order valence-corrected chi connectivity index (χ1v) is 6.58. The van der Waals surface area contributed by atoms with Crippen molar-refractivity contribution in [2.24, 2.45) is 5.73 Å². The Morgan fingerprint density at radius 2 is 1.69 bits per heavy atom. The standard InChI is InChI=1S/C12H13NS2.ClH/c1-9(13)8-10(11-4-2-6-14-11)12-5-3-7-15-12;/h2-9H,13H2,1H3;1H. The van der Waals surface area contributed by atoms with Crippen molar-refractivity contribution in [2.45, 2.75) is 13.0 Å². The normalized spacial score (nSPS) is 11.6. The lowest BCUT2D eigenvalue weighted by atomic mass is 10.1. The van der Waals surface area contributed by atoms with Gasteiger partial charge in [0.25, 0.3) is 0 Å². The summed E-state index contributed by atoms with van der Waals surface area (Å²) in [5.41, 5.74) is 7.10. The van der Waals surface area contributed by atoms with Crippen molar-refractivity contribution in [1.29, 1.82) is 0 Å². The lowest BCUT2D eigenvalue weighted by Gasteiger charge is -2.04. The number of nitrogens with two attached hydrogens (primary N) is 1. The van der Waals surface area contributed by atoms with Crippen LogP contribution in [-0.4, -0.2) is 6.04 Å². The minimum atomic E-state index is 0. The molecule has 16 heavy (non-hydrogen) atoms. The van der Waals surface area contributed by atoms with Crippen LogP contribution in [0.15, 0.2) is 41.1 Å². The molecule has 1 unspecified atom stereocenters. The second-order valence-corrected chi connectivity index (χ2v) is 5.29. The van der Waals surface area contributed by atoms with Gasteiger partial charge in [0.1, 0.15) is 0 Å². The number of rotatable bonds is 3. The fourth-order valence-electron chi connectivity index (χ4n) is 1.41. The number of thiophene rings is 2. The van der Waals surface area contributed by atoms with Gasteiger partial charge in [-0.1, -0.05) is 18.2 Å². The molecule has 0 radical (unpaired) electrons. The Bertz CT molecular complexity index is 393. The molecule has 0 fully saturated rings. The van der Waals surface area contributed by atoms with Crippen molar-refractivity contribution >= 4 is 40.7 Å². The van der Waals surface area contributed by atoms with Crippen LogP contribution < -0.4 is 5.73 Å². The van der Waals surface area contributed by atoms with Crippen molar-refractivity contribution in [3.8, 4) is 0 Å². The Morgan fingerprint density at radius 1 is 1.19 bits per heavy atom. The number of hydrogen-bond acceptors (Lipinski definition) is 3. The van der Waals surface area contributed by atoms with Crippen LogP contribution in [0.4, 0.5) is 0 Å². The first kappa shape index (κ1) is 13.5. The Balaban J connectivity index is 0.00000128. The SMILES string of the molecule is CC(N)C=C(c1cccs1)c1cccs1.Cl. The van der Waals surface area contributed by atoms with E-state index in [0.29, 0.717) is 0 Å². The highest BCUT2D eigenvalue weighted by Gasteiger charge is 2.07. The molecule has 0 aliphatic carbocycles. The first-order valence-electron chi connectivity index (χ1n) is 4.82. The number of halogens is 1. The van der Waals surface area contributed by atoms with Gasteiger partial charge in [-0.15, -0.1) is 35.1 Å². The first-order chi connectivity index (χ1) is 7.27. The third-order valence-electron chi connectivity index (χ3n) is 2.00. The van der Waals surface area contributed by atoms with Gasteiger partial charge < -0.3 is 5.73 Å². The van der Waals surface area contributed by atoms with Crippen LogP contribution >= 0.6 is 35.1 Å². The van der Waals surface area contributed by atoms with Crippen LogP contribution in [0.2, 0.25) is 0 Å². The molecule has 0 saturated heterocycles. The molecular weight excluding hydrogens is 258 g/mol. The van der Waals surface area contributed by atoms with E-state index in [0.717, 1.165) is 0 Å². The quantitative estimate of drug-likeness (QED) is 0.897. The summed E-state index contributed by atoms with van der Waals surface area (Å²) in [5, 5.41) is 4.19. The lowest BCUT2D eigenvalue weighted by Crippen LogP contribution is -2.11. The molecule has 1 nitrogen and oxygen atoms in total.